The van der Waals surface area contributed by atoms with Gasteiger partial charge in [0.1, 0.15) is 5.75 Å². The van der Waals surface area contributed by atoms with Crippen LogP contribution in [0.3, 0.4) is 0 Å². The fourth-order valence-corrected chi connectivity index (χ4v) is 3.34. The first kappa shape index (κ1) is 16.2. The Hall–Kier alpha value is -3.33. The van der Waals surface area contributed by atoms with Crippen LogP contribution in [0.1, 0.15) is 5.56 Å². The molecule has 4 aromatic rings. The quantitative estimate of drug-likeness (QED) is 0.519. The third-order valence-corrected chi connectivity index (χ3v) is 4.59. The summed E-state index contributed by atoms with van der Waals surface area (Å²) in [5.74, 6) is 0.736. The van der Waals surface area contributed by atoms with Gasteiger partial charge in [-0.05, 0) is 57.4 Å². The van der Waals surface area contributed by atoms with E-state index < -0.39 is 0 Å². The second-order valence-electron chi connectivity index (χ2n) is 6.25. The van der Waals surface area contributed by atoms with Crippen molar-refractivity contribution in [2.45, 2.75) is 6.42 Å². The maximum absolute atomic E-state index is 12.7. The van der Waals surface area contributed by atoms with Gasteiger partial charge in [-0.25, -0.2) is 0 Å². The summed E-state index contributed by atoms with van der Waals surface area (Å²) in [7, 11) is 1.62. The van der Waals surface area contributed by atoms with Crippen molar-refractivity contribution >= 4 is 33.1 Å². The number of fused-ring (bicyclic) bond motifs is 2. The van der Waals surface area contributed by atoms with Crippen LogP contribution < -0.4 is 10.1 Å². The molecule has 0 saturated carbocycles. The van der Waals surface area contributed by atoms with E-state index in [2.05, 4.69) is 35.6 Å². The molecule has 0 spiro atoms. The monoisotopic (exact) mass is 341 g/mol. The van der Waals surface area contributed by atoms with E-state index in [0.29, 0.717) is 6.42 Å². The summed E-state index contributed by atoms with van der Waals surface area (Å²) in [6.07, 6.45) is 0.327. The molecule has 1 N–H and O–H groups in total. The molecule has 0 heterocycles. The first-order valence-electron chi connectivity index (χ1n) is 8.58. The van der Waals surface area contributed by atoms with Crippen LogP contribution in [-0.4, -0.2) is 13.0 Å². The summed E-state index contributed by atoms with van der Waals surface area (Å²) in [5.41, 5.74) is 1.82. The van der Waals surface area contributed by atoms with Crippen LogP contribution in [0, 0.1) is 0 Å². The van der Waals surface area contributed by atoms with E-state index in [1.54, 1.807) is 7.11 Å². The van der Waals surface area contributed by atoms with Crippen molar-refractivity contribution in [1.82, 2.24) is 0 Å². The molecule has 0 aliphatic rings. The zero-order chi connectivity index (χ0) is 17.9. The molecule has 1 amide bonds. The molecule has 0 saturated heterocycles. The van der Waals surface area contributed by atoms with E-state index in [9.17, 15) is 4.79 Å². The highest BCUT2D eigenvalue weighted by Crippen LogP contribution is 2.29. The van der Waals surface area contributed by atoms with Crippen molar-refractivity contribution in [3.8, 4) is 5.75 Å². The summed E-state index contributed by atoms with van der Waals surface area (Å²) in [4.78, 5) is 12.7. The SMILES string of the molecule is COc1ccc(NC(=O)Cc2c3ccccc3cc3ccccc23)cc1. The first-order valence-corrected chi connectivity index (χ1v) is 8.58. The molecule has 0 aliphatic heterocycles. The summed E-state index contributed by atoms with van der Waals surface area (Å²) in [5, 5.41) is 7.52. The van der Waals surface area contributed by atoms with Gasteiger partial charge >= 0.3 is 0 Å². The Morgan fingerprint density at radius 1 is 0.846 bits per heavy atom. The van der Waals surface area contributed by atoms with E-state index in [0.717, 1.165) is 38.5 Å². The van der Waals surface area contributed by atoms with Gasteiger partial charge in [-0.15, -0.1) is 0 Å². The number of benzene rings is 4. The van der Waals surface area contributed by atoms with E-state index >= 15 is 0 Å². The lowest BCUT2D eigenvalue weighted by atomic mass is 9.94. The number of carbonyl (C=O) groups is 1. The molecule has 0 radical (unpaired) electrons. The fraction of sp³-hybridized carbons (Fsp3) is 0.0870. The van der Waals surface area contributed by atoms with Gasteiger partial charge in [0.25, 0.3) is 0 Å². The standard InChI is InChI=1S/C23H19NO2/c1-26-19-12-10-18(11-13-19)24-23(25)15-22-20-8-4-2-6-16(20)14-17-7-3-5-9-21(17)22/h2-14H,15H2,1H3,(H,24,25). The second-order valence-corrected chi connectivity index (χ2v) is 6.25. The number of nitrogens with one attached hydrogen (secondary N) is 1. The van der Waals surface area contributed by atoms with Crippen LogP contribution in [0.2, 0.25) is 0 Å². The minimum Gasteiger partial charge on any atom is -0.497 e. The van der Waals surface area contributed by atoms with Gasteiger partial charge in [-0.2, -0.15) is 0 Å². The van der Waals surface area contributed by atoms with Gasteiger partial charge in [-0.3, -0.25) is 4.79 Å². The maximum Gasteiger partial charge on any atom is 0.228 e. The Morgan fingerprint density at radius 2 is 1.42 bits per heavy atom. The molecule has 0 unspecified atom stereocenters. The van der Waals surface area contributed by atoms with Crippen molar-refractivity contribution < 1.29 is 9.53 Å². The van der Waals surface area contributed by atoms with Crippen molar-refractivity contribution in [1.29, 1.82) is 0 Å². The number of hydrogen-bond donors (Lipinski definition) is 1. The lowest BCUT2D eigenvalue weighted by molar-refractivity contribution is -0.115. The molecule has 4 aromatic carbocycles. The predicted octanol–water partition coefficient (Wildman–Crippen LogP) is 5.18. The zero-order valence-corrected chi connectivity index (χ0v) is 14.5. The van der Waals surface area contributed by atoms with Crippen molar-refractivity contribution in [3.05, 3.63) is 84.4 Å². The molecular weight excluding hydrogens is 322 g/mol. The lowest BCUT2D eigenvalue weighted by Crippen LogP contribution is -2.14. The molecule has 0 aromatic heterocycles. The second kappa shape index (κ2) is 6.89. The predicted molar refractivity (Wildman–Crippen MR) is 107 cm³/mol. The highest BCUT2D eigenvalue weighted by atomic mass is 16.5. The van der Waals surface area contributed by atoms with E-state index in [1.165, 1.54) is 0 Å². The molecule has 3 nitrogen and oxygen atoms in total. The summed E-state index contributed by atoms with van der Waals surface area (Å²) in [6.45, 7) is 0. The van der Waals surface area contributed by atoms with Crippen LogP contribution in [0.25, 0.3) is 21.5 Å². The number of amides is 1. The number of anilines is 1. The van der Waals surface area contributed by atoms with E-state index in [-0.39, 0.29) is 5.91 Å². The summed E-state index contributed by atoms with van der Waals surface area (Å²) < 4.78 is 5.15. The molecule has 0 fully saturated rings. The van der Waals surface area contributed by atoms with Gasteiger partial charge < -0.3 is 10.1 Å². The largest absolute Gasteiger partial charge is 0.497 e. The Labute approximate surface area is 152 Å². The minimum atomic E-state index is -0.0309. The van der Waals surface area contributed by atoms with Gasteiger partial charge in [0.2, 0.25) is 5.91 Å². The number of carbonyl (C=O) groups excluding carboxylic acids is 1. The zero-order valence-electron chi connectivity index (χ0n) is 14.5. The van der Waals surface area contributed by atoms with Gasteiger partial charge in [0.05, 0.1) is 13.5 Å². The molecule has 0 aliphatic carbocycles. The first-order chi connectivity index (χ1) is 12.7. The van der Waals surface area contributed by atoms with Crippen LogP contribution in [0.5, 0.6) is 5.75 Å². The topological polar surface area (TPSA) is 38.3 Å². The molecule has 0 bridgehead atoms. The van der Waals surface area contributed by atoms with Crippen molar-refractivity contribution in [3.63, 3.8) is 0 Å². The Bertz CT molecular complexity index is 1030. The number of methoxy groups -OCH3 is 1. The third-order valence-electron chi connectivity index (χ3n) is 4.59. The molecule has 0 atom stereocenters. The number of ether oxygens (including phenoxy) is 1. The summed E-state index contributed by atoms with van der Waals surface area (Å²) >= 11 is 0. The highest BCUT2D eigenvalue weighted by Gasteiger charge is 2.12. The normalized spacial score (nSPS) is 10.8. The van der Waals surface area contributed by atoms with Crippen molar-refractivity contribution in [2.24, 2.45) is 0 Å². The number of rotatable bonds is 4. The average Bonchev–Trinajstić information content (AvgIpc) is 2.68. The molecule has 4 rings (SSSR count). The average molecular weight is 341 g/mol. The lowest BCUT2D eigenvalue weighted by Gasteiger charge is -2.12. The smallest absolute Gasteiger partial charge is 0.228 e. The minimum absolute atomic E-state index is 0.0309. The van der Waals surface area contributed by atoms with Crippen molar-refractivity contribution in [2.75, 3.05) is 12.4 Å². The molecule has 26 heavy (non-hydrogen) atoms. The van der Waals surface area contributed by atoms with E-state index in [4.69, 9.17) is 4.74 Å². The fourth-order valence-electron chi connectivity index (χ4n) is 3.34. The van der Waals surface area contributed by atoms with Crippen LogP contribution in [-0.2, 0) is 11.2 Å². The Morgan fingerprint density at radius 3 is 2.00 bits per heavy atom. The molecular formula is C23H19NO2. The Kier molecular flexibility index (Phi) is 4.28. The maximum atomic E-state index is 12.7. The van der Waals surface area contributed by atoms with Gasteiger partial charge in [0.15, 0.2) is 0 Å². The van der Waals surface area contributed by atoms with Gasteiger partial charge in [0, 0.05) is 5.69 Å². The van der Waals surface area contributed by atoms with Crippen LogP contribution >= 0.6 is 0 Å². The highest BCUT2D eigenvalue weighted by molar-refractivity contribution is 6.06. The van der Waals surface area contributed by atoms with Crippen LogP contribution in [0.4, 0.5) is 5.69 Å². The van der Waals surface area contributed by atoms with E-state index in [1.807, 2.05) is 48.5 Å². The Balaban J connectivity index is 1.69. The third kappa shape index (κ3) is 3.11. The van der Waals surface area contributed by atoms with Gasteiger partial charge in [-0.1, -0.05) is 48.5 Å². The van der Waals surface area contributed by atoms with Crippen LogP contribution in [0.15, 0.2) is 78.9 Å². The molecule has 128 valence electrons. The molecule has 3 heteroatoms. The number of hydrogen-bond acceptors (Lipinski definition) is 2. The summed E-state index contributed by atoms with van der Waals surface area (Å²) in [6, 6.07) is 26.0.